The number of phenols is 1. The fraction of sp³-hybridized carbons (Fsp3) is 0.500. The zero-order chi connectivity index (χ0) is 18.4. The molecule has 0 spiro atoms. The van der Waals surface area contributed by atoms with Crippen LogP contribution in [0.2, 0.25) is 0 Å². The largest absolute Gasteiger partial charge is 0.508 e. The number of aromatic hydroxyl groups is 1. The summed E-state index contributed by atoms with van der Waals surface area (Å²) >= 11 is 0. The van der Waals surface area contributed by atoms with Crippen molar-refractivity contribution in [3.63, 3.8) is 0 Å². The number of benzene rings is 2. The third-order valence-electron chi connectivity index (χ3n) is 5.98. The average molecular weight is 352 g/mol. The molecule has 2 heteroatoms. The normalized spacial score (nSPS) is 17.2. The first-order chi connectivity index (χ1) is 12.6. The first-order valence-corrected chi connectivity index (χ1v) is 10.2. The number of hydrogen-bond donors (Lipinski definition) is 1. The third kappa shape index (κ3) is 4.88. The molecule has 3 rings (SSSR count). The summed E-state index contributed by atoms with van der Waals surface area (Å²) in [6.07, 6.45) is 9.24. The molecule has 1 fully saturated rings. The van der Waals surface area contributed by atoms with Gasteiger partial charge in [-0.2, -0.15) is 0 Å². The summed E-state index contributed by atoms with van der Waals surface area (Å²) in [7, 11) is 2.29. The topological polar surface area (TPSA) is 23.5 Å². The minimum atomic E-state index is 0.240. The lowest BCUT2D eigenvalue weighted by Crippen LogP contribution is -2.32. The van der Waals surface area contributed by atoms with Crippen LogP contribution in [0.15, 0.2) is 48.5 Å². The Morgan fingerprint density at radius 3 is 2.38 bits per heavy atom. The van der Waals surface area contributed by atoms with E-state index >= 15 is 0 Å². The van der Waals surface area contributed by atoms with Crippen molar-refractivity contribution >= 4 is 0 Å². The van der Waals surface area contributed by atoms with Crippen molar-refractivity contribution < 1.29 is 5.11 Å². The van der Waals surface area contributed by atoms with Crippen LogP contribution in [-0.4, -0.2) is 29.6 Å². The van der Waals surface area contributed by atoms with Crippen LogP contribution in [0.1, 0.15) is 67.6 Å². The second kappa shape index (κ2) is 9.23. The lowest BCUT2D eigenvalue weighted by Gasteiger charge is -2.29. The van der Waals surface area contributed by atoms with Crippen molar-refractivity contribution in [3.05, 3.63) is 65.2 Å². The van der Waals surface area contributed by atoms with E-state index in [1.807, 2.05) is 12.1 Å². The summed E-state index contributed by atoms with van der Waals surface area (Å²) in [6, 6.07) is 17.4. The number of phenolic OH excluding ortho intramolecular Hbond substituents is 1. The van der Waals surface area contributed by atoms with Crippen LogP contribution in [0.3, 0.4) is 0 Å². The zero-order valence-electron chi connectivity index (χ0n) is 16.3. The van der Waals surface area contributed by atoms with E-state index in [9.17, 15) is 5.11 Å². The molecular weight excluding hydrogens is 318 g/mol. The molecule has 0 heterocycles. The number of hydrogen-bond acceptors (Lipinski definition) is 2. The van der Waals surface area contributed by atoms with E-state index in [1.54, 1.807) is 0 Å². The zero-order valence-corrected chi connectivity index (χ0v) is 16.3. The molecule has 2 aromatic carbocycles. The van der Waals surface area contributed by atoms with E-state index in [4.69, 9.17) is 0 Å². The first-order valence-electron chi connectivity index (χ1n) is 10.2. The molecule has 0 aromatic heterocycles. The molecule has 1 unspecified atom stereocenters. The summed E-state index contributed by atoms with van der Waals surface area (Å²) in [6.45, 7) is 3.17. The van der Waals surface area contributed by atoms with Crippen molar-refractivity contribution in [3.8, 4) is 5.75 Å². The molecule has 140 valence electrons. The molecule has 1 aliphatic rings. The van der Waals surface area contributed by atoms with Gasteiger partial charge in [0.2, 0.25) is 0 Å². The molecule has 0 bridgehead atoms. The molecule has 0 aliphatic heterocycles. The fourth-order valence-corrected chi connectivity index (χ4v) is 4.35. The number of nitrogens with zero attached hydrogens (tertiary/aromatic N) is 1. The number of aryl methyl sites for hydroxylation is 1. The van der Waals surface area contributed by atoms with Crippen LogP contribution < -0.4 is 0 Å². The van der Waals surface area contributed by atoms with Gasteiger partial charge in [0.15, 0.2) is 0 Å². The van der Waals surface area contributed by atoms with Gasteiger partial charge in [0.1, 0.15) is 5.75 Å². The molecule has 1 aliphatic carbocycles. The predicted molar refractivity (Wildman–Crippen MR) is 110 cm³/mol. The van der Waals surface area contributed by atoms with Gasteiger partial charge in [-0.15, -0.1) is 0 Å². The van der Waals surface area contributed by atoms with Gasteiger partial charge >= 0.3 is 0 Å². The Balaban J connectivity index is 1.77. The Bertz CT molecular complexity index is 674. The van der Waals surface area contributed by atoms with Gasteiger partial charge in [0.05, 0.1) is 0 Å². The van der Waals surface area contributed by atoms with Crippen LogP contribution in [0.25, 0.3) is 0 Å². The summed E-state index contributed by atoms with van der Waals surface area (Å²) in [5.41, 5.74) is 3.56. The van der Waals surface area contributed by atoms with Crippen LogP contribution in [-0.2, 0) is 0 Å². The van der Waals surface area contributed by atoms with Gasteiger partial charge < -0.3 is 10.0 Å². The summed E-state index contributed by atoms with van der Waals surface area (Å²) in [5.74, 6) is 0.658. The van der Waals surface area contributed by atoms with Gasteiger partial charge in [-0.25, -0.2) is 0 Å². The van der Waals surface area contributed by atoms with E-state index in [0.717, 1.165) is 24.6 Å². The summed E-state index contributed by atoms with van der Waals surface area (Å²) < 4.78 is 0. The van der Waals surface area contributed by atoms with Crippen molar-refractivity contribution in [2.24, 2.45) is 0 Å². The van der Waals surface area contributed by atoms with Crippen LogP contribution in [0, 0.1) is 6.92 Å². The van der Waals surface area contributed by atoms with Crippen LogP contribution in [0.5, 0.6) is 5.75 Å². The second-order valence-corrected chi connectivity index (χ2v) is 7.94. The van der Waals surface area contributed by atoms with Gasteiger partial charge in [0, 0.05) is 17.5 Å². The molecule has 26 heavy (non-hydrogen) atoms. The Morgan fingerprint density at radius 2 is 1.69 bits per heavy atom. The molecular formula is C24H33NO. The predicted octanol–water partition coefficient (Wildman–Crippen LogP) is 5.88. The molecule has 0 radical (unpaired) electrons. The van der Waals surface area contributed by atoms with Crippen molar-refractivity contribution in [2.75, 3.05) is 13.6 Å². The van der Waals surface area contributed by atoms with Crippen LogP contribution >= 0.6 is 0 Å². The summed E-state index contributed by atoms with van der Waals surface area (Å²) in [5, 5.41) is 10.5. The maximum Gasteiger partial charge on any atom is 0.119 e. The minimum Gasteiger partial charge on any atom is -0.508 e. The molecule has 1 atom stereocenters. The highest BCUT2D eigenvalue weighted by molar-refractivity contribution is 5.43. The van der Waals surface area contributed by atoms with Gasteiger partial charge in [-0.05, 0) is 51.4 Å². The number of rotatable bonds is 6. The Labute approximate surface area is 158 Å². The molecule has 0 saturated heterocycles. The highest BCUT2D eigenvalue weighted by Gasteiger charge is 2.21. The highest BCUT2D eigenvalue weighted by atomic mass is 16.3. The van der Waals surface area contributed by atoms with Crippen molar-refractivity contribution in [1.82, 2.24) is 4.90 Å². The Morgan fingerprint density at radius 1 is 1.00 bits per heavy atom. The van der Waals surface area contributed by atoms with E-state index in [0.29, 0.717) is 5.75 Å². The monoisotopic (exact) mass is 351 g/mol. The van der Waals surface area contributed by atoms with E-state index in [-0.39, 0.29) is 5.92 Å². The molecule has 0 amide bonds. The lowest BCUT2D eigenvalue weighted by atomic mass is 9.87. The minimum absolute atomic E-state index is 0.240. The maximum atomic E-state index is 10.5. The quantitative estimate of drug-likeness (QED) is 0.657. The molecule has 1 saturated carbocycles. The van der Waals surface area contributed by atoms with Gasteiger partial charge in [0.25, 0.3) is 0 Å². The van der Waals surface area contributed by atoms with Crippen LogP contribution in [0.4, 0.5) is 0 Å². The molecule has 2 nitrogen and oxygen atoms in total. The van der Waals surface area contributed by atoms with Gasteiger partial charge in [-0.1, -0.05) is 73.7 Å². The fourth-order valence-electron chi connectivity index (χ4n) is 4.35. The average Bonchev–Trinajstić information content (AvgIpc) is 2.95. The van der Waals surface area contributed by atoms with Crippen molar-refractivity contribution in [2.45, 2.75) is 63.8 Å². The van der Waals surface area contributed by atoms with Gasteiger partial charge in [-0.3, -0.25) is 0 Å². The van der Waals surface area contributed by atoms with E-state index in [1.165, 1.54) is 49.7 Å². The Hall–Kier alpha value is -1.80. The molecule has 2 aromatic rings. The highest BCUT2D eigenvalue weighted by Crippen LogP contribution is 2.35. The first kappa shape index (κ1) is 19.0. The standard InChI is InChI=1S/C24H33NO/c1-19-14-15-24(26)23(18-19)22(20-10-6-5-7-11-20)16-17-25(2)21-12-8-3-4-9-13-21/h5-7,10-11,14-15,18,21-22,26H,3-4,8-9,12-13,16-17H2,1-2H3. The van der Waals surface area contributed by atoms with Crippen molar-refractivity contribution in [1.29, 1.82) is 0 Å². The molecule has 1 N–H and O–H groups in total. The summed E-state index contributed by atoms with van der Waals surface area (Å²) in [4.78, 5) is 2.56. The SMILES string of the molecule is Cc1ccc(O)c(C(CCN(C)C2CCCCCC2)c2ccccc2)c1. The lowest BCUT2D eigenvalue weighted by molar-refractivity contribution is 0.215. The second-order valence-electron chi connectivity index (χ2n) is 7.94. The maximum absolute atomic E-state index is 10.5. The Kier molecular flexibility index (Phi) is 6.73. The third-order valence-corrected chi connectivity index (χ3v) is 5.98. The van der Waals surface area contributed by atoms with E-state index < -0.39 is 0 Å². The van der Waals surface area contributed by atoms with E-state index in [2.05, 4.69) is 55.3 Å². The smallest absolute Gasteiger partial charge is 0.119 e.